The number of benzene rings is 1. The first kappa shape index (κ1) is 8.85. The highest BCUT2D eigenvalue weighted by Crippen LogP contribution is 2.30. The van der Waals surface area contributed by atoms with E-state index in [1.54, 1.807) is 17.7 Å². The van der Waals surface area contributed by atoms with Crippen molar-refractivity contribution in [1.82, 2.24) is 4.57 Å². The molecule has 0 bridgehead atoms. The summed E-state index contributed by atoms with van der Waals surface area (Å²) in [6.07, 6.45) is 0. The third-order valence-electron chi connectivity index (χ3n) is 2.03. The van der Waals surface area contributed by atoms with E-state index >= 15 is 0 Å². The van der Waals surface area contributed by atoms with E-state index < -0.39 is 0 Å². The van der Waals surface area contributed by atoms with Crippen molar-refractivity contribution in [2.75, 3.05) is 0 Å². The number of aryl methyl sites for hydroxylation is 1. The Kier molecular flexibility index (Phi) is 1.97. The van der Waals surface area contributed by atoms with Crippen molar-refractivity contribution >= 4 is 34.1 Å². The van der Waals surface area contributed by atoms with Gasteiger partial charge in [-0.3, -0.25) is 0 Å². The Hall–Kier alpha value is -0.730. The van der Waals surface area contributed by atoms with Gasteiger partial charge in [0.2, 0.25) is 0 Å². The average molecular weight is 218 g/mol. The van der Waals surface area contributed by atoms with Crippen LogP contribution in [0.15, 0.2) is 18.2 Å². The summed E-state index contributed by atoms with van der Waals surface area (Å²) in [6, 6.07) is 4.51. The summed E-state index contributed by atoms with van der Waals surface area (Å²) in [4.78, 5) is 0. The van der Waals surface area contributed by atoms with Gasteiger partial charge in [-0.25, -0.2) is 4.39 Å². The Bertz CT molecular complexity index is 476. The molecule has 0 aliphatic heterocycles. The maximum absolute atomic E-state index is 13.3. The van der Waals surface area contributed by atoms with E-state index in [2.05, 4.69) is 0 Å². The molecule has 1 aromatic carbocycles. The number of hydrogen-bond donors (Lipinski definition) is 0. The smallest absolute Gasteiger partial charge is 0.147 e. The molecule has 0 fully saturated rings. The zero-order chi connectivity index (χ0) is 9.59. The number of halogens is 3. The fraction of sp³-hybridized carbons (Fsp3) is 0.111. The van der Waals surface area contributed by atoms with Gasteiger partial charge in [0.15, 0.2) is 0 Å². The minimum Gasteiger partial charge on any atom is -0.332 e. The Morgan fingerprint density at radius 2 is 2.00 bits per heavy atom. The summed E-state index contributed by atoms with van der Waals surface area (Å²) in [5, 5.41) is 1.63. The molecule has 0 atom stereocenters. The summed E-state index contributed by atoms with van der Waals surface area (Å²) in [6.45, 7) is 0. The average Bonchev–Trinajstić information content (AvgIpc) is 2.38. The molecular formula is C9H6Cl2FN. The topological polar surface area (TPSA) is 4.93 Å². The third-order valence-corrected chi connectivity index (χ3v) is 2.73. The fourth-order valence-electron chi connectivity index (χ4n) is 1.36. The van der Waals surface area contributed by atoms with Crippen molar-refractivity contribution in [2.45, 2.75) is 0 Å². The summed E-state index contributed by atoms with van der Waals surface area (Å²) in [5.41, 5.74) is 0.442. The maximum Gasteiger partial charge on any atom is 0.147 e. The second-order valence-corrected chi connectivity index (χ2v) is 3.61. The van der Waals surface area contributed by atoms with Crippen molar-refractivity contribution < 1.29 is 4.39 Å². The van der Waals surface area contributed by atoms with Crippen molar-refractivity contribution in [3.63, 3.8) is 0 Å². The highest BCUT2D eigenvalue weighted by molar-refractivity contribution is 6.37. The van der Waals surface area contributed by atoms with E-state index in [0.717, 1.165) is 0 Å². The molecule has 0 unspecified atom stereocenters. The molecule has 0 saturated carbocycles. The van der Waals surface area contributed by atoms with Crippen LogP contribution < -0.4 is 0 Å². The molecule has 1 heterocycles. The molecule has 68 valence electrons. The number of rotatable bonds is 0. The summed E-state index contributed by atoms with van der Waals surface area (Å²) in [5.74, 6) is -0.311. The van der Waals surface area contributed by atoms with Crippen molar-refractivity contribution in [2.24, 2.45) is 7.05 Å². The lowest BCUT2D eigenvalue weighted by Crippen LogP contribution is -1.89. The summed E-state index contributed by atoms with van der Waals surface area (Å²) < 4.78 is 14.9. The van der Waals surface area contributed by atoms with Gasteiger partial charge in [-0.15, -0.1) is 0 Å². The van der Waals surface area contributed by atoms with Gasteiger partial charge in [-0.05, 0) is 18.2 Å². The van der Waals surface area contributed by atoms with Crippen LogP contribution in [-0.4, -0.2) is 4.57 Å². The Labute approximate surface area is 84.7 Å². The minimum absolute atomic E-state index is 0.311. The van der Waals surface area contributed by atoms with Gasteiger partial charge >= 0.3 is 0 Å². The quantitative estimate of drug-likeness (QED) is 0.636. The zero-order valence-corrected chi connectivity index (χ0v) is 8.33. The van der Waals surface area contributed by atoms with Crippen molar-refractivity contribution in [1.29, 1.82) is 0 Å². The molecule has 0 aliphatic carbocycles. The fourth-order valence-corrected chi connectivity index (χ4v) is 1.76. The molecule has 0 N–H and O–H groups in total. The van der Waals surface area contributed by atoms with Gasteiger partial charge in [-0.1, -0.05) is 23.2 Å². The molecule has 4 heteroatoms. The first-order chi connectivity index (χ1) is 6.11. The second-order valence-electron chi connectivity index (χ2n) is 2.82. The highest BCUT2D eigenvalue weighted by Gasteiger charge is 2.10. The van der Waals surface area contributed by atoms with Crippen LogP contribution in [0.3, 0.4) is 0 Å². The molecule has 0 spiro atoms. The molecule has 2 rings (SSSR count). The van der Waals surface area contributed by atoms with E-state index in [4.69, 9.17) is 23.2 Å². The molecule has 13 heavy (non-hydrogen) atoms. The molecule has 1 aromatic heterocycles. The summed E-state index contributed by atoms with van der Waals surface area (Å²) in [7, 11) is 1.70. The lowest BCUT2D eigenvalue weighted by molar-refractivity contribution is 0.632. The van der Waals surface area contributed by atoms with Crippen LogP contribution >= 0.6 is 23.2 Å². The monoisotopic (exact) mass is 217 g/mol. The number of nitrogens with zero attached hydrogens (tertiary/aromatic N) is 1. The van der Waals surface area contributed by atoms with E-state index in [0.29, 0.717) is 21.1 Å². The molecule has 0 aliphatic rings. The Morgan fingerprint density at radius 1 is 1.31 bits per heavy atom. The first-order valence-electron chi connectivity index (χ1n) is 3.70. The van der Waals surface area contributed by atoms with Crippen LogP contribution in [0.1, 0.15) is 0 Å². The first-order valence-corrected chi connectivity index (χ1v) is 4.46. The van der Waals surface area contributed by atoms with Crippen molar-refractivity contribution in [3.05, 3.63) is 34.2 Å². The van der Waals surface area contributed by atoms with Gasteiger partial charge in [0.05, 0.1) is 10.5 Å². The van der Waals surface area contributed by atoms with Crippen LogP contribution in [0.2, 0.25) is 10.2 Å². The van der Waals surface area contributed by atoms with E-state index in [1.807, 2.05) is 0 Å². The van der Waals surface area contributed by atoms with E-state index in [-0.39, 0.29) is 5.82 Å². The van der Waals surface area contributed by atoms with E-state index in [1.165, 1.54) is 12.1 Å². The predicted octanol–water partition coefficient (Wildman–Crippen LogP) is 3.62. The molecule has 0 radical (unpaired) electrons. The Balaban J connectivity index is 3.00. The largest absolute Gasteiger partial charge is 0.332 e. The zero-order valence-electron chi connectivity index (χ0n) is 6.81. The Morgan fingerprint density at radius 3 is 2.62 bits per heavy atom. The number of hydrogen-bond acceptors (Lipinski definition) is 0. The highest BCUT2D eigenvalue weighted by atomic mass is 35.5. The third kappa shape index (κ3) is 1.21. The van der Waals surface area contributed by atoms with Crippen molar-refractivity contribution in [3.8, 4) is 0 Å². The van der Waals surface area contributed by atoms with E-state index in [9.17, 15) is 4.39 Å². The number of aromatic nitrogens is 1. The lowest BCUT2D eigenvalue weighted by Gasteiger charge is -1.99. The van der Waals surface area contributed by atoms with Gasteiger partial charge in [0.1, 0.15) is 11.0 Å². The molecule has 1 nitrogen and oxygen atoms in total. The van der Waals surface area contributed by atoms with Crippen LogP contribution in [0, 0.1) is 5.82 Å². The van der Waals surface area contributed by atoms with Gasteiger partial charge < -0.3 is 4.57 Å². The van der Waals surface area contributed by atoms with Crippen LogP contribution in [0.5, 0.6) is 0 Å². The molecular weight excluding hydrogens is 212 g/mol. The molecule has 0 saturated heterocycles. The number of fused-ring (bicyclic) bond motifs is 1. The van der Waals surface area contributed by atoms with Gasteiger partial charge in [-0.2, -0.15) is 0 Å². The predicted molar refractivity (Wildman–Crippen MR) is 52.9 cm³/mol. The lowest BCUT2D eigenvalue weighted by atomic mass is 10.2. The maximum atomic E-state index is 13.3. The standard InChI is InChI=1S/C9H6Cl2FN/c1-13-8(11)4-5-6(10)2-3-7(12)9(5)13/h2-4H,1H3. The van der Waals surface area contributed by atoms with Gasteiger partial charge in [0, 0.05) is 12.4 Å². The normalized spacial score (nSPS) is 11.1. The van der Waals surface area contributed by atoms with Gasteiger partial charge in [0.25, 0.3) is 0 Å². The second kappa shape index (κ2) is 2.89. The minimum atomic E-state index is -0.311. The molecule has 2 aromatic rings. The van der Waals surface area contributed by atoms with Crippen LogP contribution in [-0.2, 0) is 7.05 Å². The van der Waals surface area contributed by atoms with Crippen LogP contribution in [0.25, 0.3) is 10.9 Å². The van der Waals surface area contributed by atoms with Crippen LogP contribution in [0.4, 0.5) is 4.39 Å². The SMILES string of the molecule is Cn1c(Cl)cc2c(Cl)ccc(F)c21. The summed E-state index contributed by atoms with van der Waals surface area (Å²) >= 11 is 11.7. The molecule has 0 amide bonds.